The van der Waals surface area contributed by atoms with E-state index in [0.717, 1.165) is 5.19 Å². The number of rotatable bonds is 10. The van der Waals surface area contributed by atoms with Crippen LogP contribution in [0.2, 0.25) is 52.4 Å². The smallest absolute Gasteiger partial charge is 0.360 e. The minimum Gasteiger partial charge on any atom is -0.435 e. The number of hydrogen-bond donors (Lipinski definition) is 0. The molecule has 0 N–H and O–H groups in total. The van der Waals surface area contributed by atoms with E-state index in [0.29, 0.717) is 0 Å². The maximum Gasteiger partial charge on any atom is 0.360 e. The standard InChI is InChI=1S/C13H24O3Si3.C8H12OSi.C4H12OSi/c1-7-18(4,5)15-17(3)16-19(6,14-2)13-11-9-8-10-12-13;1-9-10(2)8-6-4-3-5-7-8;1-5-6(2,3)4/h7-12,17H,1H2,2-6H3;3-7,10H,1-2H3;1-4H3. The molecule has 0 aliphatic rings. The van der Waals surface area contributed by atoms with Gasteiger partial charge in [-0.1, -0.05) is 66.4 Å². The van der Waals surface area contributed by atoms with Crippen molar-refractivity contribution in [2.75, 3.05) is 21.3 Å². The van der Waals surface area contributed by atoms with Crippen LogP contribution in [0.25, 0.3) is 0 Å². The van der Waals surface area contributed by atoms with Crippen molar-refractivity contribution in [1.82, 2.24) is 0 Å². The summed E-state index contributed by atoms with van der Waals surface area (Å²) in [6, 6.07) is 20.5. The molecule has 3 unspecified atom stereocenters. The molecule has 0 aliphatic heterocycles. The highest BCUT2D eigenvalue weighted by atomic mass is 28.5. The highest BCUT2D eigenvalue weighted by molar-refractivity contribution is 6.87. The van der Waals surface area contributed by atoms with Crippen molar-refractivity contribution in [2.45, 2.75) is 52.4 Å². The molecule has 0 fully saturated rings. The van der Waals surface area contributed by atoms with Crippen LogP contribution in [0.15, 0.2) is 72.9 Å². The fourth-order valence-electron chi connectivity index (χ4n) is 2.65. The molecule has 5 nitrogen and oxygen atoms in total. The third-order valence-corrected chi connectivity index (χ3v) is 18.6. The van der Waals surface area contributed by atoms with Gasteiger partial charge in [0.25, 0.3) is 9.28 Å². The Morgan fingerprint density at radius 2 is 1.17 bits per heavy atom. The number of benzene rings is 2. The maximum absolute atomic E-state index is 6.23. The molecular weight excluding hydrogens is 521 g/mol. The van der Waals surface area contributed by atoms with Crippen LogP contribution < -0.4 is 10.4 Å². The van der Waals surface area contributed by atoms with Crippen LogP contribution >= 0.6 is 0 Å². The first-order valence-corrected chi connectivity index (χ1v) is 25.0. The summed E-state index contributed by atoms with van der Waals surface area (Å²) in [5, 5.41) is 2.50. The van der Waals surface area contributed by atoms with Gasteiger partial charge in [0.1, 0.15) is 0 Å². The lowest BCUT2D eigenvalue weighted by Crippen LogP contribution is -2.54. The summed E-state index contributed by atoms with van der Waals surface area (Å²) in [4.78, 5) is 0. The van der Waals surface area contributed by atoms with Crippen molar-refractivity contribution in [3.8, 4) is 0 Å². The van der Waals surface area contributed by atoms with Gasteiger partial charge in [-0.3, -0.25) is 0 Å². The van der Waals surface area contributed by atoms with Gasteiger partial charge in [0, 0.05) is 21.3 Å². The Kier molecular flexibility index (Phi) is 16.3. The van der Waals surface area contributed by atoms with Crippen molar-refractivity contribution in [3.63, 3.8) is 0 Å². The molecule has 0 saturated heterocycles. The van der Waals surface area contributed by atoms with Crippen molar-refractivity contribution >= 4 is 53.9 Å². The van der Waals surface area contributed by atoms with E-state index in [1.807, 2.05) is 30.0 Å². The van der Waals surface area contributed by atoms with Crippen molar-refractivity contribution in [3.05, 3.63) is 72.9 Å². The molecule has 2 rings (SSSR count). The van der Waals surface area contributed by atoms with Crippen molar-refractivity contribution in [1.29, 1.82) is 0 Å². The Morgan fingerprint density at radius 1 is 0.714 bits per heavy atom. The molecule has 0 spiro atoms. The predicted molar refractivity (Wildman–Crippen MR) is 164 cm³/mol. The zero-order valence-electron chi connectivity index (χ0n) is 23.8. The van der Waals surface area contributed by atoms with Crippen molar-refractivity contribution in [2.24, 2.45) is 0 Å². The first-order chi connectivity index (χ1) is 16.2. The van der Waals surface area contributed by atoms with Crippen molar-refractivity contribution < 1.29 is 21.5 Å². The Bertz CT molecular complexity index is 818. The van der Waals surface area contributed by atoms with E-state index >= 15 is 0 Å². The molecule has 0 amide bonds. The van der Waals surface area contributed by atoms with Crippen LogP contribution in [0.3, 0.4) is 0 Å². The molecule has 2 aromatic rings. The summed E-state index contributed by atoms with van der Waals surface area (Å²) in [5.41, 5.74) is 1.94. The second kappa shape index (κ2) is 16.7. The van der Waals surface area contributed by atoms with Crippen LogP contribution in [-0.2, 0) is 21.5 Å². The average Bonchev–Trinajstić information content (AvgIpc) is 2.84. The second-order valence-electron chi connectivity index (χ2n) is 9.73. The van der Waals surface area contributed by atoms with E-state index < -0.39 is 43.5 Å². The lowest BCUT2D eigenvalue weighted by atomic mass is 10.4. The van der Waals surface area contributed by atoms with Gasteiger partial charge < -0.3 is 21.5 Å². The first kappa shape index (κ1) is 34.1. The van der Waals surface area contributed by atoms with Gasteiger partial charge in [-0.25, -0.2) is 0 Å². The van der Waals surface area contributed by atoms with Crippen LogP contribution in [0.5, 0.6) is 0 Å². The van der Waals surface area contributed by atoms with Gasteiger partial charge in [0.05, 0.1) is 0 Å². The van der Waals surface area contributed by atoms with E-state index in [9.17, 15) is 0 Å². The van der Waals surface area contributed by atoms with Gasteiger partial charge in [0.2, 0.25) is 9.04 Å². The zero-order valence-corrected chi connectivity index (χ0v) is 29.1. The largest absolute Gasteiger partial charge is 0.435 e. The molecule has 2 aromatic carbocycles. The number of hydrogen-bond acceptors (Lipinski definition) is 5. The van der Waals surface area contributed by atoms with Gasteiger partial charge >= 0.3 is 8.56 Å². The average molecular weight is 569 g/mol. The van der Waals surface area contributed by atoms with E-state index in [1.165, 1.54) is 5.19 Å². The molecule has 198 valence electrons. The zero-order chi connectivity index (χ0) is 27.1. The fourth-order valence-corrected chi connectivity index (χ4v) is 12.6. The summed E-state index contributed by atoms with van der Waals surface area (Å²) >= 11 is 0. The minimum absolute atomic E-state index is 1.04. The topological polar surface area (TPSA) is 46.2 Å². The second-order valence-corrected chi connectivity index (χ2v) is 26.3. The molecule has 0 saturated carbocycles. The van der Waals surface area contributed by atoms with E-state index in [2.05, 4.69) is 95.4 Å². The molecule has 0 bridgehead atoms. The molecule has 0 aliphatic carbocycles. The highest BCUT2D eigenvalue weighted by Gasteiger charge is 2.36. The summed E-state index contributed by atoms with van der Waals surface area (Å²) in [7, 11) is -2.77. The Balaban J connectivity index is 0.000000598. The van der Waals surface area contributed by atoms with E-state index in [4.69, 9.17) is 21.5 Å². The van der Waals surface area contributed by atoms with Gasteiger partial charge in [-0.2, -0.15) is 0 Å². The van der Waals surface area contributed by atoms with Crippen LogP contribution in [0.4, 0.5) is 0 Å². The normalized spacial score (nSPS) is 14.8. The fraction of sp³-hybridized carbons (Fsp3) is 0.440. The van der Waals surface area contributed by atoms with Gasteiger partial charge in [-0.15, -0.1) is 6.58 Å². The molecule has 0 radical (unpaired) electrons. The van der Waals surface area contributed by atoms with Crippen LogP contribution in [0.1, 0.15) is 0 Å². The monoisotopic (exact) mass is 568 g/mol. The van der Waals surface area contributed by atoms with Gasteiger partial charge in [-0.05, 0) is 62.7 Å². The molecule has 0 heterocycles. The lowest BCUT2D eigenvalue weighted by molar-refractivity contribution is 0.300. The van der Waals surface area contributed by atoms with Crippen LogP contribution in [0, 0.1) is 0 Å². The molecule has 3 atom stereocenters. The lowest BCUT2D eigenvalue weighted by Gasteiger charge is -2.32. The molecule has 35 heavy (non-hydrogen) atoms. The minimum atomic E-state index is -2.35. The van der Waals surface area contributed by atoms with E-state index in [1.54, 1.807) is 21.3 Å². The first-order valence-electron chi connectivity index (χ1n) is 12.0. The summed E-state index contributed by atoms with van der Waals surface area (Å²) < 4.78 is 28.4. The van der Waals surface area contributed by atoms with Gasteiger partial charge in [0.15, 0.2) is 16.6 Å². The maximum atomic E-state index is 6.23. The quantitative estimate of drug-likeness (QED) is 0.386. The predicted octanol–water partition coefficient (Wildman–Crippen LogP) is 4.79. The Labute approximate surface area is 221 Å². The summed E-state index contributed by atoms with van der Waals surface area (Å²) in [6.07, 6.45) is 0. The Morgan fingerprint density at radius 3 is 1.54 bits per heavy atom. The molecule has 0 aromatic heterocycles. The Hall–Kier alpha value is -0.936. The highest BCUT2D eigenvalue weighted by Crippen LogP contribution is 2.13. The molecule has 10 heteroatoms. The molecular formula is C25H48O5Si5. The SMILES string of the molecule is C=C[Si](C)(C)O[SiH](C)O[Si](C)(OC)c1ccccc1.CO[SiH](C)c1ccccc1.CO[Si](C)(C)C. The third kappa shape index (κ3) is 15.0. The van der Waals surface area contributed by atoms with Crippen LogP contribution in [-0.4, -0.2) is 64.8 Å². The summed E-state index contributed by atoms with van der Waals surface area (Å²) in [6.45, 7) is 20.9. The third-order valence-electron chi connectivity index (χ3n) is 5.27. The summed E-state index contributed by atoms with van der Waals surface area (Å²) in [5.74, 6) is 0. The van der Waals surface area contributed by atoms with E-state index in [-0.39, 0.29) is 0 Å².